The third-order valence-corrected chi connectivity index (χ3v) is 7.51. The molecule has 3 fully saturated rings. The van der Waals surface area contributed by atoms with E-state index in [2.05, 4.69) is 10.1 Å². The molecule has 6 rings (SSSR count). The van der Waals surface area contributed by atoms with Gasteiger partial charge in [0, 0.05) is 36.6 Å². The van der Waals surface area contributed by atoms with Gasteiger partial charge in [0.2, 0.25) is 5.91 Å². The van der Waals surface area contributed by atoms with E-state index in [0.717, 1.165) is 63.3 Å². The maximum atomic E-state index is 13.6. The molecule has 3 saturated carbocycles. The van der Waals surface area contributed by atoms with Gasteiger partial charge in [-0.2, -0.15) is 9.49 Å². The van der Waals surface area contributed by atoms with Crippen LogP contribution in [0.2, 0.25) is 0 Å². The number of unbranched alkanes of at least 4 members (excludes halogenated alkanes) is 2. The Hall–Kier alpha value is -2.97. The summed E-state index contributed by atoms with van der Waals surface area (Å²) in [5.74, 6) is -3.03. The number of ether oxygens (including phenoxy) is 1. The number of hydrazone groups is 1. The molecule has 9 heteroatoms. The summed E-state index contributed by atoms with van der Waals surface area (Å²) in [6, 6.07) is 3.86. The van der Waals surface area contributed by atoms with Gasteiger partial charge in [0.25, 0.3) is 5.95 Å². The molecule has 3 aliphatic carbocycles. The number of hydrogen-bond acceptors (Lipinski definition) is 4. The maximum absolute atomic E-state index is 13.6. The van der Waals surface area contributed by atoms with Gasteiger partial charge in [-0.25, -0.2) is 23.2 Å². The van der Waals surface area contributed by atoms with E-state index in [0.29, 0.717) is 30.4 Å². The summed E-state index contributed by atoms with van der Waals surface area (Å²) >= 11 is 0. The molecule has 1 aromatic heterocycles. The van der Waals surface area contributed by atoms with Crippen molar-refractivity contribution in [1.82, 2.24) is 9.99 Å². The third kappa shape index (κ3) is 4.90. The van der Waals surface area contributed by atoms with Crippen LogP contribution in [0.25, 0.3) is 0 Å². The molecule has 35 heavy (non-hydrogen) atoms. The zero-order chi connectivity index (χ0) is 24.6. The standard InChI is InChI=1S/C26H27F4N3O2/c27-18-8-17(9-19(28)10-18)21-5-7-32-33(21)23(34)4-2-1-3-6-25-13-26(14-25,15-25)16-35-22-11-20(29)12-31-24(22)30/h7-12,21H,1-6,13-16H2. The minimum atomic E-state index is -0.795. The van der Waals surface area contributed by atoms with E-state index in [1.807, 2.05) is 0 Å². The number of benzene rings is 1. The monoisotopic (exact) mass is 489 g/mol. The first-order chi connectivity index (χ1) is 16.8. The quantitative estimate of drug-likeness (QED) is 0.230. The van der Waals surface area contributed by atoms with Crippen molar-refractivity contribution in [3.8, 4) is 5.75 Å². The van der Waals surface area contributed by atoms with Crippen LogP contribution in [-0.4, -0.2) is 28.7 Å². The molecule has 0 N–H and O–H groups in total. The Morgan fingerprint density at radius 2 is 1.71 bits per heavy atom. The normalized spacial score (nSPS) is 26.4. The predicted molar refractivity (Wildman–Crippen MR) is 121 cm³/mol. The van der Waals surface area contributed by atoms with E-state index >= 15 is 0 Å². The largest absolute Gasteiger partial charge is 0.488 e. The van der Waals surface area contributed by atoms with Crippen molar-refractivity contribution in [2.75, 3.05) is 6.61 Å². The average molecular weight is 490 g/mol. The highest BCUT2D eigenvalue weighted by Gasteiger charge is 2.67. The predicted octanol–water partition coefficient (Wildman–Crippen LogP) is 6.10. The molecular formula is C26H27F4N3O2. The minimum absolute atomic E-state index is 0.0634. The lowest BCUT2D eigenvalue weighted by atomic mass is 9.34. The Bertz CT molecular complexity index is 1120. The highest BCUT2D eigenvalue weighted by Crippen LogP contribution is 2.75. The highest BCUT2D eigenvalue weighted by atomic mass is 19.1. The first-order valence-corrected chi connectivity index (χ1v) is 12.0. The summed E-state index contributed by atoms with van der Waals surface area (Å²) < 4.78 is 59.5. The fourth-order valence-electron chi connectivity index (χ4n) is 6.15. The van der Waals surface area contributed by atoms with Crippen LogP contribution in [0.3, 0.4) is 0 Å². The smallest absolute Gasteiger partial charge is 0.255 e. The first-order valence-electron chi connectivity index (χ1n) is 12.0. The second kappa shape index (κ2) is 9.24. The maximum Gasteiger partial charge on any atom is 0.255 e. The molecular weight excluding hydrogens is 462 g/mol. The van der Waals surface area contributed by atoms with Gasteiger partial charge in [0.1, 0.15) is 17.5 Å². The minimum Gasteiger partial charge on any atom is -0.488 e. The fraction of sp³-hybridized carbons (Fsp3) is 0.500. The van der Waals surface area contributed by atoms with Crippen molar-refractivity contribution in [1.29, 1.82) is 0 Å². The number of carbonyl (C=O) groups excluding carboxylic acids is 1. The van der Waals surface area contributed by atoms with E-state index in [9.17, 15) is 22.4 Å². The molecule has 5 nitrogen and oxygen atoms in total. The van der Waals surface area contributed by atoms with Crippen LogP contribution in [0.15, 0.2) is 35.6 Å². The number of carbonyl (C=O) groups is 1. The summed E-state index contributed by atoms with van der Waals surface area (Å²) in [6.07, 6.45) is 10.0. The lowest BCUT2D eigenvalue weighted by molar-refractivity contribution is -0.223. The fourth-order valence-corrected chi connectivity index (χ4v) is 6.15. The van der Waals surface area contributed by atoms with Gasteiger partial charge in [-0.1, -0.05) is 12.8 Å². The molecule has 1 unspecified atom stereocenters. The molecule has 1 aromatic carbocycles. The van der Waals surface area contributed by atoms with Gasteiger partial charge in [-0.05, 0) is 55.2 Å². The topological polar surface area (TPSA) is 54.8 Å². The van der Waals surface area contributed by atoms with E-state index in [-0.39, 0.29) is 17.1 Å². The second-order valence-electron chi connectivity index (χ2n) is 10.3. The lowest BCUT2D eigenvalue weighted by Gasteiger charge is -2.71. The van der Waals surface area contributed by atoms with Crippen LogP contribution >= 0.6 is 0 Å². The summed E-state index contributed by atoms with van der Waals surface area (Å²) in [5, 5.41) is 5.47. The number of rotatable bonds is 10. The Labute approximate surface area is 201 Å². The second-order valence-corrected chi connectivity index (χ2v) is 10.3. The summed E-state index contributed by atoms with van der Waals surface area (Å²) in [6.45, 7) is 0.373. The number of nitrogens with zero attached hydrogens (tertiary/aromatic N) is 3. The number of aromatic nitrogens is 1. The molecule has 1 atom stereocenters. The van der Waals surface area contributed by atoms with Crippen molar-refractivity contribution in [3.05, 3.63) is 59.4 Å². The molecule has 2 aromatic rings. The van der Waals surface area contributed by atoms with Crippen molar-refractivity contribution in [2.24, 2.45) is 15.9 Å². The Kier molecular flexibility index (Phi) is 6.27. The van der Waals surface area contributed by atoms with Crippen molar-refractivity contribution in [3.63, 3.8) is 0 Å². The van der Waals surface area contributed by atoms with Crippen LogP contribution in [0, 0.1) is 34.2 Å². The van der Waals surface area contributed by atoms with Crippen molar-refractivity contribution >= 4 is 12.1 Å². The van der Waals surface area contributed by atoms with Gasteiger partial charge in [-0.3, -0.25) is 4.79 Å². The van der Waals surface area contributed by atoms with Crippen LogP contribution in [0.4, 0.5) is 17.6 Å². The van der Waals surface area contributed by atoms with E-state index in [1.165, 1.54) is 17.1 Å². The average Bonchev–Trinajstić information content (AvgIpc) is 3.25. The Morgan fingerprint density at radius 3 is 2.46 bits per heavy atom. The summed E-state index contributed by atoms with van der Waals surface area (Å²) in [7, 11) is 0. The molecule has 0 radical (unpaired) electrons. The summed E-state index contributed by atoms with van der Waals surface area (Å²) in [5.41, 5.74) is 0.789. The Balaban J connectivity index is 1.00. The van der Waals surface area contributed by atoms with Gasteiger partial charge in [0.05, 0.1) is 18.8 Å². The van der Waals surface area contributed by atoms with E-state index in [1.54, 1.807) is 6.21 Å². The highest BCUT2D eigenvalue weighted by molar-refractivity contribution is 5.79. The molecule has 4 aliphatic rings. The third-order valence-electron chi connectivity index (χ3n) is 7.51. The molecule has 1 aliphatic heterocycles. The Morgan fingerprint density at radius 1 is 0.971 bits per heavy atom. The van der Waals surface area contributed by atoms with Gasteiger partial charge >= 0.3 is 0 Å². The summed E-state index contributed by atoms with van der Waals surface area (Å²) in [4.78, 5) is 16.0. The molecule has 0 spiro atoms. The van der Waals surface area contributed by atoms with Crippen LogP contribution in [-0.2, 0) is 4.79 Å². The van der Waals surface area contributed by atoms with E-state index < -0.39 is 29.4 Å². The lowest BCUT2D eigenvalue weighted by Crippen LogP contribution is -2.63. The molecule has 1 amide bonds. The molecule has 2 bridgehead atoms. The zero-order valence-corrected chi connectivity index (χ0v) is 19.3. The first kappa shape index (κ1) is 23.8. The molecule has 2 heterocycles. The SMILES string of the molecule is O=C(CCCCCC12CC(COc3cc(F)cnc3F)(C1)C2)N1N=CCC1c1cc(F)cc(F)c1. The zero-order valence-electron chi connectivity index (χ0n) is 19.3. The molecule has 186 valence electrons. The molecule has 0 saturated heterocycles. The van der Waals surface area contributed by atoms with Crippen LogP contribution < -0.4 is 4.74 Å². The van der Waals surface area contributed by atoms with Gasteiger partial charge < -0.3 is 4.74 Å². The van der Waals surface area contributed by atoms with Crippen molar-refractivity contribution in [2.45, 2.75) is 63.8 Å². The van der Waals surface area contributed by atoms with Gasteiger partial charge in [0.15, 0.2) is 5.75 Å². The van der Waals surface area contributed by atoms with E-state index in [4.69, 9.17) is 4.74 Å². The number of halogens is 4. The number of hydrogen-bond donors (Lipinski definition) is 0. The van der Waals surface area contributed by atoms with Crippen molar-refractivity contribution < 1.29 is 27.1 Å². The number of amides is 1. The van der Waals surface area contributed by atoms with Crippen LogP contribution in [0.5, 0.6) is 5.75 Å². The van der Waals surface area contributed by atoms with Crippen LogP contribution in [0.1, 0.15) is 69.4 Å². The van der Waals surface area contributed by atoms with Gasteiger partial charge in [-0.15, -0.1) is 0 Å². The number of pyridine rings is 1.